The number of amides is 1. The van der Waals surface area contributed by atoms with Gasteiger partial charge >= 0.3 is 5.97 Å². The Kier molecular flexibility index (Phi) is 51.1. The van der Waals surface area contributed by atoms with Crippen LogP contribution in [0.2, 0.25) is 0 Å². The van der Waals surface area contributed by atoms with Crippen LogP contribution in [0, 0.1) is 0 Å². The smallest absolute Gasteiger partial charge is 0.306 e. The first-order chi connectivity index (χ1) is 33.0. The molecule has 0 aromatic carbocycles. The summed E-state index contributed by atoms with van der Waals surface area (Å²) in [5, 5.41) is 23.8. The molecule has 67 heavy (non-hydrogen) atoms. The molecule has 0 aliphatic rings. The van der Waals surface area contributed by atoms with Crippen molar-refractivity contribution in [1.82, 2.24) is 5.32 Å². The van der Waals surface area contributed by atoms with E-state index in [-0.39, 0.29) is 24.9 Å². The van der Waals surface area contributed by atoms with Crippen molar-refractivity contribution in [1.29, 1.82) is 0 Å². The molecule has 0 radical (unpaired) electrons. The number of carbonyl (C=O) groups is 2. The third kappa shape index (κ3) is 49.0. The summed E-state index contributed by atoms with van der Waals surface area (Å²) in [6.07, 6.45) is 72.0. The Morgan fingerprint density at radius 1 is 0.478 bits per heavy atom. The molecule has 3 unspecified atom stereocenters. The highest BCUT2D eigenvalue weighted by atomic mass is 16.5. The number of carbonyl (C=O) groups excluding carboxylic acids is 2. The van der Waals surface area contributed by atoms with Crippen molar-refractivity contribution in [3.8, 4) is 0 Å². The topological polar surface area (TPSA) is 95.9 Å². The van der Waals surface area contributed by atoms with Crippen LogP contribution < -0.4 is 5.32 Å². The Bertz CT molecular complexity index is 1320. The Balaban J connectivity index is 4.73. The summed E-state index contributed by atoms with van der Waals surface area (Å²) in [6.45, 7) is 6.33. The van der Waals surface area contributed by atoms with E-state index < -0.39 is 18.2 Å². The fraction of sp³-hybridized carbons (Fsp3) is 0.705. The van der Waals surface area contributed by atoms with Gasteiger partial charge in [-0.15, -0.1) is 0 Å². The summed E-state index contributed by atoms with van der Waals surface area (Å²) < 4.78 is 5.88. The molecule has 0 rings (SSSR count). The third-order valence-electron chi connectivity index (χ3n) is 12.2. The molecule has 3 atom stereocenters. The van der Waals surface area contributed by atoms with Gasteiger partial charge in [0.2, 0.25) is 5.91 Å². The second-order valence-corrected chi connectivity index (χ2v) is 18.7. The Hall–Kier alpha value is -3.22. The monoisotopic (exact) mass is 932 g/mol. The van der Waals surface area contributed by atoms with Crippen LogP contribution in [0.3, 0.4) is 0 Å². The van der Waals surface area contributed by atoms with Crippen LogP contribution in [0.25, 0.3) is 0 Å². The molecule has 3 N–H and O–H groups in total. The van der Waals surface area contributed by atoms with Gasteiger partial charge in [-0.2, -0.15) is 0 Å². The van der Waals surface area contributed by atoms with Crippen LogP contribution in [0.4, 0.5) is 0 Å². The lowest BCUT2D eigenvalue weighted by atomic mass is 10.0. The quantitative estimate of drug-likeness (QED) is 0.0244. The molecule has 0 bridgehead atoms. The van der Waals surface area contributed by atoms with E-state index in [0.717, 1.165) is 96.3 Å². The lowest BCUT2D eigenvalue weighted by molar-refractivity contribution is -0.150. The predicted octanol–water partition coefficient (Wildman–Crippen LogP) is 17.3. The number of aliphatic hydroxyl groups excluding tert-OH is 2. The van der Waals surface area contributed by atoms with Crippen LogP contribution in [0.5, 0.6) is 0 Å². The average Bonchev–Trinajstić information content (AvgIpc) is 3.32. The SMILES string of the molecule is CC/C=C\C/C=C\C/C=C\C/C=C\C/C=C\CC(CC(=O)NC(CO)C(O)CCCCCCCCCCCCCCCCC)OC(=O)CCCCCCC/C=C/C=C/C=C/CCCCCCC. The number of hydrogen-bond acceptors (Lipinski definition) is 5. The van der Waals surface area contributed by atoms with Crippen LogP contribution in [0.1, 0.15) is 252 Å². The number of hydrogen-bond donors (Lipinski definition) is 3. The molecule has 6 heteroatoms. The molecule has 0 saturated carbocycles. The zero-order chi connectivity index (χ0) is 48.8. The molecule has 0 aliphatic carbocycles. The van der Waals surface area contributed by atoms with E-state index in [4.69, 9.17) is 4.74 Å². The first-order valence-corrected chi connectivity index (χ1v) is 28.0. The van der Waals surface area contributed by atoms with Gasteiger partial charge < -0.3 is 20.3 Å². The minimum Gasteiger partial charge on any atom is -0.461 e. The van der Waals surface area contributed by atoms with Gasteiger partial charge in [-0.1, -0.05) is 259 Å². The lowest BCUT2D eigenvalue weighted by Crippen LogP contribution is -2.46. The van der Waals surface area contributed by atoms with Gasteiger partial charge in [0, 0.05) is 12.8 Å². The van der Waals surface area contributed by atoms with Crippen molar-refractivity contribution in [2.45, 2.75) is 270 Å². The van der Waals surface area contributed by atoms with Gasteiger partial charge in [-0.05, 0) is 70.6 Å². The molecule has 384 valence electrons. The summed E-state index contributed by atoms with van der Waals surface area (Å²) in [5.41, 5.74) is 0. The maximum atomic E-state index is 13.2. The van der Waals surface area contributed by atoms with E-state index in [1.54, 1.807) is 0 Å². The maximum absolute atomic E-state index is 13.2. The first-order valence-electron chi connectivity index (χ1n) is 28.0. The van der Waals surface area contributed by atoms with E-state index in [2.05, 4.69) is 111 Å². The third-order valence-corrected chi connectivity index (χ3v) is 12.2. The zero-order valence-corrected chi connectivity index (χ0v) is 43.8. The van der Waals surface area contributed by atoms with E-state index in [1.165, 1.54) is 109 Å². The van der Waals surface area contributed by atoms with E-state index in [9.17, 15) is 19.8 Å². The molecule has 0 fully saturated rings. The van der Waals surface area contributed by atoms with Crippen molar-refractivity contribution >= 4 is 11.9 Å². The molecule has 0 aliphatic heterocycles. The van der Waals surface area contributed by atoms with Crippen molar-refractivity contribution in [2.75, 3.05) is 6.61 Å². The standard InChI is InChI=1S/C61H105NO5/c1-4-7-10-13-16-19-22-25-28-29-30-33-36-39-42-45-48-51-54-61(66)67-57(52-49-46-43-40-37-34-31-26-23-20-17-14-11-8-5-2)55-60(65)62-58(56-63)59(64)53-50-47-44-41-38-35-32-27-24-21-18-15-12-9-6-3/h8,11,17,20,22,25-26,28-31,33,37,40,46,49,57-59,63-64H,4-7,9-10,12-16,18-19,21,23-24,27,32,34-36,38-39,41-45,47-48,50-56H2,1-3H3,(H,62,65)/b11-8-,20-17-,25-22+,29-28+,31-26-,33-30+,40-37-,49-46-. The van der Waals surface area contributed by atoms with Gasteiger partial charge in [-0.25, -0.2) is 0 Å². The van der Waals surface area contributed by atoms with Gasteiger partial charge in [0.15, 0.2) is 0 Å². The molecule has 0 aromatic rings. The van der Waals surface area contributed by atoms with Crippen LogP contribution >= 0.6 is 0 Å². The van der Waals surface area contributed by atoms with Crippen LogP contribution in [-0.2, 0) is 14.3 Å². The fourth-order valence-corrected chi connectivity index (χ4v) is 7.98. The fourth-order valence-electron chi connectivity index (χ4n) is 7.98. The molecular weight excluding hydrogens is 827 g/mol. The molecule has 0 saturated heterocycles. The molecule has 0 aromatic heterocycles. The predicted molar refractivity (Wildman–Crippen MR) is 291 cm³/mol. The Morgan fingerprint density at radius 2 is 0.881 bits per heavy atom. The van der Waals surface area contributed by atoms with E-state index in [0.29, 0.717) is 19.3 Å². The van der Waals surface area contributed by atoms with Gasteiger partial charge in [0.05, 0.1) is 25.2 Å². The number of nitrogens with one attached hydrogen (secondary N) is 1. The zero-order valence-electron chi connectivity index (χ0n) is 43.8. The Morgan fingerprint density at radius 3 is 1.33 bits per heavy atom. The summed E-state index contributed by atoms with van der Waals surface area (Å²) in [5.74, 6) is -0.605. The van der Waals surface area contributed by atoms with Crippen LogP contribution in [-0.4, -0.2) is 46.9 Å². The highest BCUT2D eigenvalue weighted by Gasteiger charge is 2.23. The van der Waals surface area contributed by atoms with Crippen molar-refractivity contribution in [3.05, 3.63) is 97.2 Å². The number of ether oxygens (including phenoxy) is 1. The number of allylic oxidation sites excluding steroid dienone is 15. The number of unbranched alkanes of at least 4 members (excludes halogenated alkanes) is 24. The van der Waals surface area contributed by atoms with Gasteiger partial charge in [0.1, 0.15) is 6.10 Å². The first kappa shape index (κ1) is 63.8. The van der Waals surface area contributed by atoms with Crippen LogP contribution in [0.15, 0.2) is 97.2 Å². The summed E-state index contributed by atoms with van der Waals surface area (Å²) in [7, 11) is 0. The summed E-state index contributed by atoms with van der Waals surface area (Å²) in [6, 6.07) is -0.743. The molecule has 1 amide bonds. The maximum Gasteiger partial charge on any atom is 0.306 e. The molecular formula is C61H105NO5. The minimum absolute atomic E-state index is 0.0135. The second-order valence-electron chi connectivity index (χ2n) is 18.7. The minimum atomic E-state index is -0.822. The lowest BCUT2D eigenvalue weighted by Gasteiger charge is -2.24. The van der Waals surface area contributed by atoms with Crippen molar-refractivity contribution in [2.24, 2.45) is 0 Å². The van der Waals surface area contributed by atoms with Crippen molar-refractivity contribution < 1.29 is 24.5 Å². The number of aliphatic hydroxyl groups is 2. The number of rotatable bonds is 49. The largest absolute Gasteiger partial charge is 0.461 e. The van der Waals surface area contributed by atoms with E-state index >= 15 is 0 Å². The van der Waals surface area contributed by atoms with Gasteiger partial charge in [-0.3, -0.25) is 9.59 Å². The molecule has 0 spiro atoms. The summed E-state index contributed by atoms with van der Waals surface area (Å²) in [4.78, 5) is 26.2. The molecule has 0 heterocycles. The van der Waals surface area contributed by atoms with E-state index in [1.807, 2.05) is 12.2 Å². The molecule has 6 nitrogen and oxygen atoms in total. The highest BCUT2D eigenvalue weighted by Crippen LogP contribution is 2.16. The summed E-state index contributed by atoms with van der Waals surface area (Å²) >= 11 is 0. The highest BCUT2D eigenvalue weighted by molar-refractivity contribution is 5.77. The average molecular weight is 933 g/mol. The second kappa shape index (κ2) is 53.7. The Labute approximate surface area is 414 Å². The van der Waals surface area contributed by atoms with Gasteiger partial charge in [0.25, 0.3) is 0 Å². The normalized spacial score (nSPS) is 13.9. The number of esters is 1. The van der Waals surface area contributed by atoms with Crippen molar-refractivity contribution in [3.63, 3.8) is 0 Å².